The number of nitrogens with one attached hydrogen (secondary N) is 3. The van der Waals surface area contributed by atoms with Crippen molar-refractivity contribution in [3.05, 3.63) is 63.6 Å². The van der Waals surface area contributed by atoms with Crippen LogP contribution in [0, 0.1) is 6.92 Å². The summed E-state index contributed by atoms with van der Waals surface area (Å²) in [4.78, 5) is 29.3. The Morgan fingerprint density at radius 2 is 2.00 bits per heavy atom. The van der Waals surface area contributed by atoms with Crippen LogP contribution in [0.15, 0.2) is 46.9 Å². The first-order valence-corrected chi connectivity index (χ1v) is 9.69. The van der Waals surface area contributed by atoms with Crippen LogP contribution in [0.3, 0.4) is 0 Å². The van der Waals surface area contributed by atoms with Gasteiger partial charge in [-0.05, 0) is 30.5 Å². The number of thioether (sulfide) groups is 1. The van der Waals surface area contributed by atoms with Crippen LogP contribution in [0.25, 0.3) is 0 Å². The molecule has 0 fully saturated rings. The summed E-state index contributed by atoms with van der Waals surface area (Å²) in [5, 5.41) is 9.46. The number of hydrogen-bond acceptors (Lipinski definition) is 6. The molecule has 0 saturated carbocycles. The molecule has 9 heteroatoms. The first-order valence-electron chi connectivity index (χ1n) is 7.82. The second kappa shape index (κ2) is 8.63. The normalized spacial score (nSPS) is 10.5. The molecule has 2 amide bonds. The number of hydrogen-bond donors (Lipinski definition) is 3. The molecule has 0 aliphatic heterocycles. The second-order valence-corrected chi connectivity index (χ2v) is 7.45. The number of carbonyl (C=O) groups is 2. The molecule has 0 spiro atoms. The topological polar surface area (TPSA) is 99.8 Å². The fraction of sp³-hybridized carbons (Fsp3) is 0.176. The van der Waals surface area contributed by atoms with Gasteiger partial charge in [0, 0.05) is 16.9 Å². The lowest BCUT2D eigenvalue weighted by atomic mass is 10.1. The number of benzene rings is 1. The highest BCUT2D eigenvalue weighted by atomic mass is 32.2. The Balaban J connectivity index is 1.42. The van der Waals surface area contributed by atoms with Gasteiger partial charge < -0.3 is 0 Å². The molecule has 2 heterocycles. The van der Waals surface area contributed by atoms with Crippen LogP contribution in [-0.2, 0) is 11.2 Å². The number of carbonyl (C=O) groups excluding carboxylic acids is 2. The summed E-state index contributed by atoms with van der Waals surface area (Å²) in [6.45, 7) is 1.94. The van der Waals surface area contributed by atoms with Gasteiger partial charge in [-0.25, -0.2) is 4.98 Å². The lowest BCUT2D eigenvalue weighted by Gasteiger charge is -2.06. The Kier molecular flexibility index (Phi) is 6.03. The van der Waals surface area contributed by atoms with Crippen molar-refractivity contribution < 1.29 is 9.59 Å². The first-order chi connectivity index (χ1) is 12.6. The van der Waals surface area contributed by atoms with E-state index in [0.29, 0.717) is 17.1 Å². The quantitative estimate of drug-likeness (QED) is 0.445. The Hall–Kier alpha value is -2.65. The van der Waals surface area contributed by atoms with E-state index in [-0.39, 0.29) is 17.6 Å². The minimum Gasteiger partial charge on any atom is -0.272 e. The van der Waals surface area contributed by atoms with E-state index in [9.17, 15) is 9.59 Å². The van der Waals surface area contributed by atoms with E-state index in [2.05, 4.69) is 26.0 Å². The molecule has 0 atom stereocenters. The van der Waals surface area contributed by atoms with Gasteiger partial charge in [0.25, 0.3) is 5.91 Å². The zero-order chi connectivity index (χ0) is 18.4. The minimum absolute atomic E-state index is 0.102. The third-order valence-electron chi connectivity index (χ3n) is 3.39. The zero-order valence-corrected chi connectivity index (χ0v) is 15.6. The van der Waals surface area contributed by atoms with Crippen molar-refractivity contribution in [1.29, 1.82) is 0 Å². The molecule has 0 saturated heterocycles. The van der Waals surface area contributed by atoms with E-state index < -0.39 is 0 Å². The van der Waals surface area contributed by atoms with Crippen LogP contribution in [0.2, 0.25) is 0 Å². The predicted octanol–water partition coefficient (Wildman–Crippen LogP) is 2.32. The molecule has 26 heavy (non-hydrogen) atoms. The number of amides is 2. The summed E-state index contributed by atoms with van der Waals surface area (Å²) in [5.74, 6) is 0.160. The number of aromatic amines is 1. The SMILES string of the molecule is Cc1ccc(C(=O)NNC(=O)CSc2n[nH]c(Cc3cccs3)n2)cc1. The maximum absolute atomic E-state index is 11.9. The fourth-order valence-electron chi connectivity index (χ4n) is 2.07. The summed E-state index contributed by atoms with van der Waals surface area (Å²) >= 11 is 2.85. The summed E-state index contributed by atoms with van der Waals surface area (Å²) in [6.07, 6.45) is 0.685. The number of aryl methyl sites for hydroxylation is 1. The average Bonchev–Trinajstić information content (AvgIpc) is 3.31. The van der Waals surface area contributed by atoms with Gasteiger partial charge in [-0.15, -0.1) is 16.4 Å². The highest BCUT2D eigenvalue weighted by Gasteiger charge is 2.10. The molecule has 1 aromatic carbocycles. The Labute approximate surface area is 158 Å². The Bertz CT molecular complexity index is 875. The van der Waals surface area contributed by atoms with Crippen molar-refractivity contribution >= 4 is 34.9 Å². The third kappa shape index (κ3) is 5.17. The number of thiophene rings is 1. The number of aromatic nitrogens is 3. The number of nitrogens with zero attached hydrogens (tertiary/aromatic N) is 2. The van der Waals surface area contributed by atoms with E-state index in [1.165, 1.54) is 16.6 Å². The lowest BCUT2D eigenvalue weighted by molar-refractivity contribution is -0.119. The van der Waals surface area contributed by atoms with Gasteiger partial charge in [0.15, 0.2) is 0 Å². The summed E-state index contributed by atoms with van der Waals surface area (Å²) in [7, 11) is 0. The molecule has 2 aromatic heterocycles. The number of rotatable bonds is 6. The monoisotopic (exact) mass is 387 g/mol. The molecule has 0 bridgehead atoms. The van der Waals surface area contributed by atoms with Gasteiger partial charge in [-0.3, -0.25) is 25.5 Å². The molecule has 0 radical (unpaired) electrons. The van der Waals surface area contributed by atoms with Gasteiger partial charge in [0.05, 0.1) is 5.75 Å². The molecular weight excluding hydrogens is 370 g/mol. The fourth-order valence-corrected chi connectivity index (χ4v) is 3.40. The molecular formula is C17H17N5O2S2. The second-order valence-electron chi connectivity index (χ2n) is 5.48. The smallest absolute Gasteiger partial charge is 0.269 e. The summed E-state index contributed by atoms with van der Waals surface area (Å²) in [6, 6.07) is 11.1. The highest BCUT2D eigenvalue weighted by molar-refractivity contribution is 7.99. The van der Waals surface area contributed by atoms with Gasteiger partial charge in [-0.1, -0.05) is 35.5 Å². The standard InChI is InChI=1S/C17H17N5O2S2/c1-11-4-6-12(7-5-11)16(24)21-20-15(23)10-26-17-18-14(19-22-17)9-13-3-2-8-25-13/h2-8H,9-10H2,1H3,(H,20,23)(H,21,24)(H,18,19,22). The van der Waals surface area contributed by atoms with E-state index >= 15 is 0 Å². The van der Waals surface area contributed by atoms with Crippen LogP contribution in [0.1, 0.15) is 26.6 Å². The third-order valence-corrected chi connectivity index (χ3v) is 5.12. The molecule has 3 aromatic rings. The van der Waals surface area contributed by atoms with Crippen molar-refractivity contribution in [2.24, 2.45) is 0 Å². The van der Waals surface area contributed by atoms with E-state index in [1.54, 1.807) is 23.5 Å². The first kappa shape index (κ1) is 18.2. The molecule has 7 nitrogen and oxygen atoms in total. The molecule has 3 N–H and O–H groups in total. The van der Waals surface area contributed by atoms with Gasteiger partial charge >= 0.3 is 0 Å². The van der Waals surface area contributed by atoms with Crippen molar-refractivity contribution in [3.8, 4) is 0 Å². The Morgan fingerprint density at radius 1 is 1.19 bits per heavy atom. The maximum atomic E-state index is 11.9. The van der Waals surface area contributed by atoms with E-state index in [0.717, 1.165) is 11.4 Å². The lowest BCUT2D eigenvalue weighted by Crippen LogP contribution is -2.42. The van der Waals surface area contributed by atoms with Crippen LogP contribution < -0.4 is 10.9 Å². The predicted molar refractivity (Wildman–Crippen MR) is 101 cm³/mol. The largest absolute Gasteiger partial charge is 0.272 e. The molecule has 0 aliphatic rings. The highest BCUT2D eigenvalue weighted by Crippen LogP contribution is 2.15. The minimum atomic E-state index is -0.362. The van der Waals surface area contributed by atoms with Crippen molar-refractivity contribution in [2.45, 2.75) is 18.5 Å². The summed E-state index contributed by atoms with van der Waals surface area (Å²) in [5.41, 5.74) is 6.32. The number of hydrazine groups is 1. The van der Waals surface area contributed by atoms with Gasteiger partial charge in [0.1, 0.15) is 5.82 Å². The van der Waals surface area contributed by atoms with E-state index in [4.69, 9.17) is 0 Å². The molecule has 0 unspecified atom stereocenters. The Morgan fingerprint density at radius 3 is 2.73 bits per heavy atom. The van der Waals surface area contributed by atoms with Gasteiger partial charge in [-0.2, -0.15) is 0 Å². The van der Waals surface area contributed by atoms with Crippen molar-refractivity contribution in [1.82, 2.24) is 26.0 Å². The van der Waals surface area contributed by atoms with E-state index in [1.807, 2.05) is 36.6 Å². The molecule has 134 valence electrons. The van der Waals surface area contributed by atoms with Crippen LogP contribution in [0.5, 0.6) is 0 Å². The van der Waals surface area contributed by atoms with Crippen LogP contribution in [0.4, 0.5) is 0 Å². The average molecular weight is 387 g/mol. The zero-order valence-electron chi connectivity index (χ0n) is 14.0. The number of H-pyrrole nitrogens is 1. The maximum Gasteiger partial charge on any atom is 0.269 e. The van der Waals surface area contributed by atoms with Crippen molar-refractivity contribution in [3.63, 3.8) is 0 Å². The molecule has 0 aliphatic carbocycles. The molecule has 3 rings (SSSR count). The van der Waals surface area contributed by atoms with Gasteiger partial charge in [0.2, 0.25) is 11.1 Å². The van der Waals surface area contributed by atoms with Crippen molar-refractivity contribution in [2.75, 3.05) is 5.75 Å². The summed E-state index contributed by atoms with van der Waals surface area (Å²) < 4.78 is 0. The van der Waals surface area contributed by atoms with Crippen LogP contribution in [-0.4, -0.2) is 32.7 Å². The van der Waals surface area contributed by atoms with Crippen LogP contribution >= 0.6 is 23.1 Å².